The van der Waals surface area contributed by atoms with Gasteiger partial charge < -0.3 is 34.6 Å². The molecule has 2 unspecified atom stereocenters. The first kappa shape index (κ1) is 44.1. The molecule has 1 aromatic carbocycles. The summed E-state index contributed by atoms with van der Waals surface area (Å²) in [6.07, 6.45) is -8.53. The van der Waals surface area contributed by atoms with Crippen LogP contribution in [0.3, 0.4) is 0 Å². The molecule has 4 rings (SSSR count). The fourth-order valence-electron chi connectivity index (χ4n) is 5.91. The van der Waals surface area contributed by atoms with Crippen LogP contribution in [-0.2, 0) is 67.2 Å². The molecule has 1 fully saturated rings. The van der Waals surface area contributed by atoms with Crippen molar-refractivity contribution < 1.29 is 91.7 Å². The van der Waals surface area contributed by atoms with Crippen LogP contribution < -0.4 is 10.3 Å². The number of ether oxygens (including phenoxy) is 1. The molecule has 316 valence electrons. The number of aromatic nitrogens is 4. The molecule has 0 spiro atoms. The van der Waals surface area contributed by atoms with Crippen LogP contribution >= 0.6 is 0 Å². The Morgan fingerprint density at radius 2 is 1.47 bits per heavy atom. The molecule has 58 heavy (non-hydrogen) atoms. The lowest BCUT2D eigenvalue weighted by atomic mass is 9.89. The van der Waals surface area contributed by atoms with Gasteiger partial charge in [-0.2, -0.15) is 14.4 Å². The Morgan fingerprint density at radius 1 is 0.862 bits per heavy atom. The van der Waals surface area contributed by atoms with Gasteiger partial charge in [0.2, 0.25) is 15.6 Å². The number of likely N-dealkylation sites (N-methyl/N-ethyl adjacent to an activating group) is 1. The van der Waals surface area contributed by atoms with Gasteiger partial charge in [0.05, 0.1) is 34.7 Å². The van der Waals surface area contributed by atoms with Crippen molar-refractivity contribution in [2.24, 2.45) is 7.05 Å². The minimum atomic E-state index is -4.34. The summed E-state index contributed by atoms with van der Waals surface area (Å²) in [6, 6.07) is 0.278. The summed E-state index contributed by atoms with van der Waals surface area (Å²) in [4.78, 5) is 118. The van der Waals surface area contributed by atoms with E-state index in [1.54, 1.807) is 14.0 Å². The van der Waals surface area contributed by atoms with Crippen molar-refractivity contribution in [2.75, 3.05) is 39.8 Å². The van der Waals surface area contributed by atoms with E-state index in [0.717, 1.165) is 16.8 Å². The van der Waals surface area contributed by atoms with E-state index in [9.17, 15) is 52.2 Å². The minimum Gasteiger partial charge on any atom is -0.493 e. The van der Waals surface area contributed by atoms with Gasteiger partial charge >= 0.3 is 36.4 Å². The SMILES string of the molecule is CCCc1nn(C)c2c(=O)nc(-c3cc(S(=O)(=O)N4CCN(C)CC4)ccc3OCC)n(C(C(=O)OOC(=O)O)C(O)(CC(=O)OOC(=O)O)C(=O)OOC(=O)O)c12. The molecule has 1 aliphatic heterocycles. The third-order valence-electron chi connectivity index (χ3n) is 8.34. The molecule has 1 saturated heterocycles. The summed E-state index contributed by atoms with van der Waals surface area (Å²) in [5.41, 5.74) is -6.57. The molecule has 3 heterocycles. The molecule has 2 atom stereocenters. The molecular weight excluding hydrogens is 808 g/mol. The number of aryl methyl sites for hydroxylation is 2. The normalized spacial score (nSPS) is 15.1. The van der Waals surface area contributed by atoms with Crippen molar-refractivity contribution in [1.82, 2.24) is 28.5 Å². The van der Waals surface area contributed by atoms with E-state index in [0.29, 0.717) is 17.7 Å². The van der Waals surface area contributed by atoms with Crippen molar-refractivity contribution in [3.05, 3.63) is 34.2 Å². The molecule has 0 aliphatic carbocycles. The zero-order chi connectivity index (χ0) is 43.1. The van der Waals surface area contributed by atoms with E-state index in [4.69, 9.17) is 14.9 Å². The van der Waals surface area contributed by atoms with Crippen molar-refractivity contribution in [1.29, 1.82) is 0 Å². The first-order valence-corrected chi connectivity index (χ1v) is 18.2. The van der Waals surface area contributed by atoms with Gasteiger partial charge in [-0.25, -0.2) is 66.5 Å². The highest BCUT2D eigenvalue weighted by molar-refractivity contribution is 7.89. The predicted molar refractivity (Wildman–Crippen MR) is 184 cm³/mol. The number of hydrogen-bond donors (Lipinski definition) is 4. The predicted octanol–water partition coefficient (Wildman–Crippen LogP) is 0.205. The number of carbonyl (C=O) groups is 6. The lowest BCUT2D eigenvalue weighted by molar-refractivity contribution is -0.272. The minimum absolute atomic E-state index is 0.0523. The summed E-state index contributed by atoms with van der Waals surface area (Å²) >= 11 is 0. The molecule has 27 heteroatoms. The second kappa shape index (κ2) is 18.1. The molecule has 0 radical (unpaired) electrons. The highest BCUT2D eigenvalue weighted by Gasteiger charge is 2.57. The quantitative estimate of drug-likeness (QED) is 0.132. The van der Waals surface area contributed by atoms with E-state index in [1.165, 1.54) is 24.3 Å². The Balaban J connectivity index is 2.21. The maximum absolute atomic E-state index is 14.1. The van der Waals surface area contributed by atoms with Crippen molar-refractivity contribution in [3.8, 4) is 17.1 Å². The number of carboxylic acid groups (broad SMARTS) is 3. The summed E-state index contributed by atoms with van der Waals surface area (Å²) < 4.78 is 36.4. The number of rotatable bonds is 13. The number of carbonyl (C=O) groups excluding carboxylic acids is 3. The lowest BCUT2D eigenvalue weighted by Gasteiger charge is -2.33. The molecule has 3 aromatic rings. The highest BCUT2D eigenvalue weighted by Crippen LogP contribution is 2.40. The molecular formula is C31H36N6O20S. The summed E-state index contributed by atoms with van der Waals surface area (Å²) in [5, 5.41) is 43.6. The summed E-state index contributed by atoms with van der Waals surface area (Å²) in [5.74, 6) is -7.50. The van der Waals surface area contributed by atoms with Crippen molar-refractivity contribution in [2.45, 2.75) is 49.6 Å². The average molecular weight is 845 g/mol. The molecule has 0 amide bonds. The number of fused-ring (bicyclic) bond motifs is 1. The molecule has 1 aliphatic rings. The number of benzene rings is 1. The molecule has 4 N–H and O–H groups in total. The number of nitrogens with zero attached hydrogens (tertiary/aromatic N) is 6. The largest absolute Gasteiger partial charge is 0.547 e. The number of aliphatic hydroxyl groups is 1. The number of sulfonamides is 1. The Labute approximate surface area is 325 Å². The summed E-state index contributed by atoms with van der Waals surface area (Å²) in [6.45, 7) is 3.93. The first-order chi connectivity index (χ1) is 27.3. The molecule has 2 aromatic heterocycles. The van der Waals surface area contributed by atoms with Crippen LogP contribution in [-0.4, -0.2) is 139 Å². The zero-order valence-electron chi connectivity index (χ0n) is 30.9. The van der Waals surface area contributed by atoms with Crippen LogP contribution in [0, 0.1) is 0 Å². The summed E-state index contributed by atoms with van der Waals surface area (Å²) in [7, 11) is -1.30. The van der Waals surface area contributed by atoms with Crippen LogP contribution in [0.4, 0.5) is 14.4 Å². The molecule has 0 saturated carbocycles. The Hall–Kier alpha value is -6.58. The smallest absolute Gasteiger partial charge is 0.493 e. The molecule has 26 nitrogen and oxygen atoms in total. The maximum Gasteiger partial charge on any atom is 0.547 e. The topological polar surface area (TPSA) is 341 Å². The second-order valence-corrected chi connectivity index (χ2v) is 14.1. The fourth-order valence-corrected chi connectivity index (χ4v) is 7.36. The van der Waals surface area contributed by atoms with Gasteiger partial charge in [-0.3, -0.25) is 9.48 Å². The van der Waals surface area contributed by atoms with E-state index in [1.807, 2.05) is 4.90 Å². The zero-order valence-corrected chi connectivity index (χ0v) is 31.7. The van der Waals surface area contributed by atoms with Gasteiger partial charge in [-0.1, -0.05) is 13.3 Å². The van der Waals surface area contributed by atoms with E-state index in [-0.39, 0.29) is 44.0 Å². The van der Waals surface area contributed by atoms with E-state index < -0.39 is 97.3 Å². The van der Waals surface area contributed by atoms with Crippen molar-refractivity contribution in [3.63, 3.8) is 0 Å². The van der Waals surface area contributed by atoms with Crippen LogP contribution in [0.15, 0.2) is 27.9 Å². The Morgan fingerprint density at radius 3 is 2.05 bits per heavy atom. The first-order valence-electron chi connectivity index (χ1n) is 16.8. The van der Waals surface area contributed by atoms with Gasteiger partial charge in [0.15, 0.2) is 11.6 Å². The highest BCUT2D eigenvalue weighted by atomic mass is 32.2. The number of hydrogen-bond acceptors (Lipinski definition) is 20. The van der Waals surface area contributed by atoms with Gasteiger partial charge in [0.1, 0.15) is 11.6 Å². The Kier molecular flexibility index (Phi) is 13.8. The van der Waals surface area contributed by atoms with Gasteiger partial charge in [-0.15, -0.1) is 0 Å². The van der Waals surface area contributed by atoms with Crippen LogP contribution in [0.1, 0.15) is 38.4 Å². The second-order valence-electron chi connectivity index (χ2n) is 12.2. The third kappa shape index (κ3) is 9.50. The van der Waals surface area contributed by atoms with Gasteiger partial charge in [0, 0.05) is 33.2 Å². The average Bonchev–Trinajstić information content (AvgIpc) is 3.49. The van der Waals surface area contributed by atoms with E-state index >= 15 is 0 Å². The Bertz CT molecular complexity index is 2270. The van der Waals surface area contributed by atoms with Gasteiger partial charge in [-0.05, 0) is 38.6 Å². The van der Waals surface area contributed by atoms with E-state index in [2.05, 4.69) is 39.4 Å². The monoisotopic (exact) mass is 844 g/mol. The third-order valence-corrected chi connectivity index (χ3v) is 10.2. The van der Waals surface area contributed by atoms with Crippen molar-refractivity contribution >= 4 is 57.4 Å². The van der Waals surface area contributed by atoms with Crippen LogP contribution in [0.2, 0.25) is 0 Å². The maximum atomic E-state index is 14.1. The van der Waals surface area contributed by atoms with Crippen LogP contribution in [0.25, 0.3) is 22.4 Å². The molecule has 0 bridgehead atoms. The standard InChI is InChI=1S/C31H36N6O20S/c1-5-7-18-21-22(35(4)33-18)25(39)32-24(17-14-16(8-9-19(17)51-6-2)58(49,50)36-12-10-34(3)11-13-36)37(21)23(26(40)53-56-29(44)45)31(48,27(41)54-57-30(46)47)15-20(38)52-55-28(42)43/h8-9,14,23,48H,5-7,10-13,15H2,1-4H3,(H,42,43)(H,44,45)(H,46,47). The fraction of sp³-hybridized carbons (Fsp3) is 0.452. The number of piperazine rings is 1. The van der Waals surface area contributed by atoms with Gasteiger partial charge in [0.25, 0.3) is 5.56 Å². The lowest BCUT2D eigenvalue weighted by Crippen LogP contribution is -2.54. The van der Waals surface area contributed by atoms with Crippen LogP contribution in [0.5, 0.6) is 5.75 Å².